The van der Waals surface area contributed by atoms with Gasteiger partial charge in [-0.15, -0.1) is 0 Å². The number of carbonyl (C=O) groups excluding carboxylic acids is 4. The molecule has 0 amide bonds. The predicted molar refractivity (Wildman–Crippen MR) is 457 cm³/mol. The summed E-state index contributed by atoms with van der Waals surface area (Å²) >= 11 is 18.5. The van der Waals surface area contributed by atoms with Crippen LogP contribution in [0.2, 0.25) is 103 Å². The average molecular weight is 1950 g/mol. The molecule has 0 aliphatic rings. The molecule has 3 aromatic carbocycles. The number of nitrogens with two attached hydrogens (primary N) is 3. The first kappa shape index (κ1) is 114. The molecule has 0 saturated heterocycles. The number of carboxylic acids is 1. The molecule has 617 valence electrons. The molecule has 110 heavy (non-hydrogen) atoms. The Morgan fingerprint density at radius 1 is 0.555 bits per heavy atom. The number of ether oxygens (including phenoxy) is 8. The van der Waals surface area contributed by atoms with Crippen molar-refractivity contribution < 1.29 is 123 Å². The van der Waals surface area contributed by atoms with Crippen LogP contribution in [0.4, 0.5) is 0 Å². The fourth-order valence-electron chi connectivity index (χ4n) is 7.23. The summed E-state index contributed by atoms with van der Waals surface area (Å²) in [6.45, 7) is 39.5. The fraction of sp³-hybridized carbons (Fsp3) is 0.457. The number of hydrogen-bond acceptors (Lipinski definition) is 24. The summed E-state index contributed by atoms with van der Waals surface area (Å²) in [4.78, 5) is 56.8. The van der Waals surface area contributed by atoms with Gasteiger partial charge in [-0.3, -0.25) is 16.2 Å². The Morgan fingerprint density at radius 2 is 0.882 bits per heavy atom. The molecule has 40 heteroatoms. The maximum atomic E-state index is 12.2. The number of nitrogens with one attached hydrogen (secondary N) is 4. The number of aromatic nitrogens is 4. The number of nitrogens with zero attached hydrogens (tertiary/aromatic N) is 4. The summed E-state index contributed by atoms with van der Waals surface area (Å²) in [7, 11) is -5.52. The topological polar surface area (TPSA) is 447 Å². The maximum Gasteiger partial charge on any atom is 1.00 e. The van der Waals surface area contributed by atoms with Gasteiger partial charge in [-0.25, -0.2) is 33.3 Å². The van der Waals surface area contributed by atoms with Gasteiger partial charge in [-0.1, -0.05) is 181 Å². The van der Waals surface area contributed by atoms with Gasteiger partial charge < -0.3 is 81.0 Å². The molecule has 14 N–H and O–H groups in total. The molecule has 28 nitrogen and oxygen atoms in total. The monoisotopic (exact) mass is 1940 g/mol. The Kier molecular flexibility index (Phi) is 67.8. The number of hydrogen-bond donors (Lipinski definition) is 10. The van der Waals surface area contributed by atoms with E-state index in [0.29, 0.717) is 68.4 Å². The first-order valence-corrected chi connectivity index (χ1v) is 55.6. The molecule has 0 atom stereocenters. The molecule has 0 aliphatic heterocycles. The van der Waals surface area contributed by atoms with Crippen molar-refractivity contribution in [2.24, 2.45) is 17.2 Å². The summed E-state index contributed by atoms with van der Waals surface area (Å²) in [6.07, 6.45) is 6.66. The normalized spacial score (nSPS) is 11.0. The molecule has 0 saturated carbocycles. The number of rotatable bonds is 35. The molecule has 0 spiro atoms. The van der Waals surface area contributed by atoms with Gasteiger partial charge in [0.05, 0.1) is 26.4 Å². The average Bonchev–Trinajstić information content (AvgIpc) is 1.68. The van der Waals surface area contributed by atoms with E-state index in [0.717, 1.165) is 48.3 Å². The van der Waals surface area contributed by atoms with Crippen molar-refractivity contribution in [3.63, 3.8) is 0 Å². The van der Waals surface area contributed by atoms with Gasteiger partial charge in [0.15, 0.2) is 0 Å². The smallest absolute Gasteiger partial charge is 0.870 e. The largest absolute Gasteiger partial charge is 1.00 e. The molecule has 5 aromatic rings. The fourth-order valence-corrected chi connectivity index (χ4v) is 10.9. The number of amidine groups is 1. The number of benzene rings is 3. The van der Waals surface area contributed by atoms with Crippen LogP contribution in [0.15, 0.2) is 139 Å². The van der Waals surface area contributed by atoms with Crippen molar-refractivity contribution in [2.75, 3.05) is 65.7 Å². The van der Waals surface area contributed by atoms with Crippen molar-refractivity contribution in [3.05, 3.63) is 150 Å². The van der Waals surface area contributed by atoms with Gasteiger partial charge in [-0.2, -0.15) is 10.2 Å². The molecule has 0 bridgehead atoms. The van der Waals surface area contributed by atoms with E-state index in [1.54, 1.807) is 67.5 Å². The first-order chi connectivity index (χ1) is 50.6. The predicted octanol–water partition coefficient (Wildman–Crippen LogP) is 10.8. The summed E-state index contributed by atoms with van der Waals surface area (Å²) in [5.41, 5.74) is 19.2. The van der Waals surface area contributed by atoms with Gasteiger partial charge in [0, 0.05) is 101 Å². The van der Waals surface area contributed by atoms with Crippen LogP contribution in [-0.2, 0) is 77.1 Å². The molecular formula is C70H114BBr4ClCuN11NaO17Si4. The van der Waals surface area contributed by atoms with E-state index in [-0.39, 0.29) is 105 Å². The maximum absolute atomic E-state index is 12.2. The minimum atomic E-state index is -1.34. The number of carboxylic acid groups (broad SMARTS) is 1. The van der Waals surface area contributed by atoms with Crippen LogP contribution in [0.25, 0.3) is 22.5 Å². The van der Waals surface area contributed by atoms with Crippen LogP contribution in [0.1, 0.15) is 48.4 Å². The van der Waals surface area contributed by atoms with Crippen molar-refractivity contribution in [1.82, 2.24) is 24.9 Å². The standard InChI is InChI=1S/C18H26N2O3Si.C16H22N2O3Si.C12H23BrN2O3Si.C6H7BO2.C6H9BrN2O2.C6H15ClOSi.C6H11N3O2.2BrH.Cu.Na.H2O/c1-5-23-18(21)16-13-20(14-22-11-12-24(2,3)4)19-17(16)15-9-7-6-8-10-15;1-22(2,3)10-9-21-12-18-11-14(16(19)20)15(17-18)13-7-5-4-6-8-13;1-5-18-12(16)10(11(13)14)8-15-9-17-6-7-19(2,3)4;8-7(9)6-4-2-1-3-5-6;1-2-11-6(10)4(3-8)5(7)9;1-9(2,3)5-4-8-6-7;1-2-11-6(10)4(3-7)5(8)9;;;;;/h6-10,13H,5,11-12,14H2,1-4H3;4-8,11H,9-10,12H2,1-3H3,(H,19,20);8,14-15H,5-7,9H2,1-4H3;1-5,8-9H;3,9H,2,8H2,1H3;4-6H2,1-3H3;3H,2,7H2,1H3,(H3,8,9);2*1H;;;1H2/q;;;;;;;;;+2;+1;/p-3/b;;10-8+,14-11?;;4-3+,9-5?;;4-3+;;;;;. The molecule has 0 aliphatic carbocycles. The van der Waals surface area contributed by atoms with E-state index in [2.05, 4.69) is 164 Å². The Hall–Kier alpha value is -4.76. The number of alkyl halides is 1. The summed E-state index contributed by atoms with van der Waals surface area (Å²) in [5, 5.41) is 59.6. The van der Waals surface area contributed by atoms with Crippen LogP contribution in [0, 0.1) is 16.2 Å². The molecule has 0 radical (unpaired) electrons. The molecule has 2 aromatic heterocycles. The van der Waals surface area contributed by atoms with E-state index in [1.165, 1.54) is 29.8 Å². The van der Waals surface area contributed by atoms with Crippen LogP contribution in [0.5, 0.6) is 0 Å². The Bertz CT molecular complexity index is 3470. The van der Waals surface area contributed by atoms with Crippen LogP contribution in [0.3, 0.4) is 0 Å². The van der Waals surface area contributed by atoms with E-state index in [4.69, 9.17) is 83.5 Å². The first-order valence-electron chi connectivity index (χ1n) is 34.0. The second-order valence-electron chi connectivity index (χ2n) is 27.0. The molecular weight excluding hydrogens is 1830 g/mol. The Morgan fingerprint density at radius 3 is 1.19 bits per heavy atom. The van der Waals surface area contributed by atoms with Crippen molar-refractivity contribution >= 4 is 161 Å². The number of aromatic carboxylic acids is 1. The number of halogens is 5. The van der Waals surface area contributed by atoms with Crippen LogP contribution in [-0.4, -0.2) is 190 Å². The van der Waals surface area contributed by atoms with E-state index >= 15 is 0 Å². The minimum Gasteiger partial charge on any atom is -0.870 e. The van der Waals surface area contributed by atoms with Gasteiger partial charge in [0.2, 0.25) is 0 Å². The van der Waals surface area contributed by atoms with Gasteiger partial charge in [0.25, 0.3) is 0 Å². The Balaban J connectivity index is -0.000000399. The molecule has 5 rings (SSSR count). The third-order valence-corrected chi connectivity index (χ3v) is 20.8. The van der Waals surface area contributed by atoms with E-state index in [9.17, 15) is 29.1 Å². The van der Waals surface area contributed by atoms with Gasteiger partial charge in [-0.05, 0) is 89.2 Å². The van der Waals surface area contributed by atoms with Crippen molar-refractivity contribution in [2.45, 2.75) is 144 Å². The summed E-state index contributed by atoms with van der Waals surface area (Å²) in [5.74, 6) is -3.50. The number of esters is 4. The molecule has 0 unspecified atom stereocenters. The van der Waals surface area contributed by atoms with Crippen molar-refractivity contribution in [3.8, 4) is 22.5 Å². The van der Waals surface area contributed by atoms with E-state index in [1.807, 2.05) is 66.7 Å². The zero-order chi connectivity index (χ0) is 83.1. The van der Waals surface area contributed by atoms with E-state index < -0.39 is 63.3 Å². The van der Waals surface area contributed by atoms with Crippen LogP contribution < -0.4 is 57.5 Å². The second kappa shape index (κ2) is 65.5. The third-order valence-electron chi connectivity index (χ3n) is 13.0. The summed E-state index contributed by atoms with van der Waals surface area (Å²) in [6, 6.07) is 32.4. The quantitative estimate of drug-likeness (QED) is 0.00207. The van der Waals surface area contributed by atoms with Gasteiger partial charge in [0.1, 0.15) is 80.6 Å². The minimum absolute atomic E-state index is 0. The number of carbonyl (C=O) groups is 5. The molecule has 2 heterocycles. The SMILES string of the molecule is CCOC(=O)/C(=C/N)C(=N)Br.CCOC(=O)/C(=C/N)C(=N)N.CCOC(=O)/C(=C/NCOCC[Si](C)(C)C)C(=N)Br.CCOC(=O)c1cn(COCC[Si](C)(C)C)nc1-c1ccccc1.C[Si](C)(C)CCOCCl.C[Si](C)(C)CCOCn1cc(C(=O)O)c(-c2ccccc2)n1.OB(O)c1ccccc1.[Br][Cu][Br].[Na+].[OH-]. The third kappa shape index (κ3) is 59.0. The van der Waals surface area contributed by atoms with Crippen LogP contribution >= 0.6 is 71.7 Å². The zero-order valence-electron chi connectivity index (χ0n) is 66.2. The Labute approximate surface area is 718 Å². The van der Waals surface area contributed by atoms with Crippen molar-refractivity contribution in [1.29, 1.82) is 16.2 Å². The summed E-state index contributed by atoms with van der Waals surface area (Å²) < 4.78 is 44.0. The van der Waals surface area contributed by atoms with Gasteiger partial charge >= 0.3 is 106 Å². The molecule has 0 fully saturated rings. The zero-order valence-corrected chi connectivity index (χ0v) is 80.3. The second-order valence-corrected chi connectivity index (χ2v) is 56.0.